The molecule has 0 unspecified atom stereocenters. The molecule has 196 valence electrons. The summed E-state index contributed by atoms with van der Waals surface area (Å²) in [6.45, 7) is 1.38. The molecule has 9 heteroatoms. The molecule has 0 saturated heterocycles. The number of hydrogen-bond acceptors (Lipinski definition) is 5. The van der Waals surface area contributed by atoms with E-state index in [-0.39, 0.29) is 22.4 Å². The summed E-state index contributed by atoms with van der Waals surface area (Å²) in [6.07, 6.45) is 4.42. The molecule has 0 aromatic heterocycles. The molecule has 3 aromatic rings. The third-order valence-electron chi connectivity index (χ3n) is 6.59. The molecule has 37 heavy (non-hydrogen) atoms. The number of sulfonamides is 1. The van der Waals surface area contributed by atoms with Crippen molar-refractivity contribution < 1.29 is 27.1 Å². The van der Waals surface area contributed by atoms with Crippen LogP contribution in [0.3, 0.4) is 0 Å². The number of carbonyl (C=O) groups is 1. The van der Waals surface area contributed by atoms with Gasteiger partial charge in [-0.25, -0.2) is 12.8 Å². The average Bonchev–Trinajstić information content (AvgIpc) is 2.91. The first-order chi connectivity index (χ1) is 17.7. The molecule has 0 spiro atoms. The van der Waals surface area contributed by atoms with Gasteiger partial charge in [0.2, 0.25) is 5.91 Å². The van der Waals surface area contributed by atoms with Gasteiger partial charge in [0.25, 0.3) is 10.0 Å². The minimum absolute atomic E-state index is 0.0926. The SMILES string of the molecule is COc1ccc(S(=O)(=O)N(CC(=O)N[C@H](C)c2ccc3c(c2)CCCC3)c2ccc(F)cc2)cc1OC. The average molecular weight is 527 g/mol. The summed E-state index contributed by atoms with van der Waals surface area (Å²) in [4.78, 5) is 13.0. The Morgan fingerprint density at radius 2 is 1.62 bits per heavy atom. The summed E-state index contributed by atoms with van der Waals surface area (Å²) in [5.41, 5.74) is 3.77. The van der Waals surface area contributed by atoms with Crippen molar-refractivity contribution in [3.8, 4) is 11.5 Å². The van der Waals surface area contributed by atoms with Gasteiger partial charge in [0.15, 0.2) is 11.5 Å². The number of nitrogens with zero attached hydrogens (tertiary/aromatic N) is 1. The Bertz CT molecular complexity index is 1380. The maximum Gasteiger partial charge on any atom is 0.264 e. The van der Waals surface area contributed by atoms with Crippen LogP contribution < -0.4 is 19.1 Å². The molecule has 7 nitrogen and oxygen atoms in total. The molecular formula is C28H31FN2O5S. The van der Waals surface area contributed by atoms with E-state index in [1.54, 1.807) is 0 Å². The van der Waals surface area contributed by atoms with Gasteiger partial charge in [-0.15, -0.1) is 0 Å². The van der Waals surface area contributed by atoms with Crippen molar-refractivity contribution in [3.05, 3.63) is 83.2 Å². The van der Waals surface area contributed by atoms with Crippen molar-refractivity contribution in [2.24, 2.45) is 0 Å². The highest BCUT2D eigenvalue weighted by Crippen LogP contribution is 2.32. The molecule has 1 atom stereocenters. The number of anilines is 1. The van der Waals surface area contributed by atoms with Crippen molar-refractivity contribution >= 4 is 21.6 Å². The van der Waals surface area contributed by atoms with Crippen LogP contribution >= 0.6 is 0 Å². The van der Waals surface area contributed by atoms with Gasteiger partial charge in [-0.2, -0.15) is 0 Å². The van der Waals surface area contributed by atoms with Crippen molar-refractivity contribution in [2.75, 3.05) is 25.1 Å². The predicted molar refractivity (Wildman–Crippen MR) is 140 cm³/mol. The van der Waals surface area contributed by atoms with Gasteiger partial charge in [0.1, 0.15) is 12.4 Å². The summed E-state index contributed by atoms with van der Waals surface area (Å²) in [6, 6.07) is 15.1. The van der Waals surface area contributed by atoms with E-state index >= 15 is 0 Å². The van der Waals surface area contributed by atoms with Crippen LogP contribution in [0, 0.1) is 5.82 Å². The number of nitrogens with one attached hydrogen (secondary N) is 1. The number of rotatable bonds is 9. The van der Waals surface area contributed by atoms with E-state index < -0.39 is 28.3 Å². The second-order valence-corrected chi connectivity index (χ2v) is 10.9. The number of amides is 1. The zero-order valence-corrected chi connectivity index (χ0v) is 22.0. The Kier molecular flexibility index (Phi) is 8.02. The zero-order valence-electron chi connectivity index (χ0n) is 21.2. The number of fused-ring (bicyclic) bond motifs is 1. The Morgan fingerprint density at radius 3 is 2.30 bits per heavy atom. The lowest BCUT2D eigenvalue weighted by atomic mass is 9.89. The molecule has 0 bridgehead atoms. The van der Waals surface area contributed by atoms with E-state index in [2.05, 4.69) is 17.4 Å². The van der Waals surface area contributed by atoms with Gasteiger partial charge in [-0.3, -0.25) is 9.10 Å². The topological polar surface area (TPSA) is 84.9 Å². The standard InChI is InChI=1S/C28H31FN2O5S/c1-19(21-9-8-20-6-4-5-7-22(20)16-21)30-28(32)18-31(24-12-10-23(29)11-13-24)37(33,34)25-14-15-26(35-2)27(17-25)36-3/h8-17,19H,4-7,18H2,1-3H3,(H,30,32)/t19-/m1/s1. The maximum atomic E-state index is 13.7. The van der Waals surface area contributed by atoms with Crippen LogP contribution in [0.25, 0.3) is 0 Å². The summed E-state index contributed by atoms with van der Waals surface area (Å²) in [7, 11) is -1.36. The van der Waals surface area contributed by atoms with Crippen molar-refractivity contribution in [1.29, 1.82) is 0 Å². The lowest BCUT2D eigenvalue weighted by Gasteiger charge is -2.26. The van der Waals surface area contributed by atoms with Crippen LogP contribution in [0.5, 0.6) is 11.5 Å². The van der Waals surface area contributed by atoms with Crippen LogP contribution in [0.15, 0.2) is 65.6 Å². The molecule has 3 aromatic carbocycles. The van der Waals surface area contributed by atoms with E-state index in [0.717, 1.165) is 41.3 Å². The van der Waals surface area contributed by atoms with Crippen LogP contribution in [0.4, 0.5) is 10.1 Å². The Morgan fingerprint density at radius 1 is 0.946 bits per heavy atom. The Balaban J connectivity index is 1.60. The van der Waals surface area contributed by atoms with Gasteiger partial charge in [0.05, 0.1) is 30.8 Å². The number of hydrogen-bond donors (Lipinski definition) is 1. The van der Waals surface area contributed by atoms with Crippen LogP contribution in [0.1, 0.15) is 42.5 Å². The third-order valence-corrected chi connectivity index (χ3v) is 8.36. The molecule has 0 aliphatic heterocycles. The number of methoxy groups -OCH3 is 2. The van der Waals surface area contributed by atoms with E-state index in [1.165, 1.54) is 62.1 Å². The third kappa shape index (κ3) is 5.88. The van der Waals surface area contributed by atoms with E-state index in [9.17, 15) is 17.6 Å². The Hall–Kier alpha value is -3.59. The van der Waals surface area contributed by atoms with Crippen molar-refractivity contribution in [1.82, 2.24) is 5.32 Å². The molecular weight excluding hydrogens is 495 g/mol. The largest absolute Gasteiger partial charge is 0.493 e. The molecule has 4 rings (SSSR count). The molecule has 0 saturated carbocycles. The number of aryl methyl sites for hydroxylation is 2. The molecule has 1 aliphatic rings. The van der Waals surface area contributed by atoms with Crippen LogP contribution in [0.2, 0.25) is 0 Å². The van der Waals surface area contributed by atoms with Crippen molar-refractivity contribution in [2.45, 2.75) is 43.5 Å². The number of benzene rings is 3. The maximum absolute atomic E-state index is 13.7. The minimum Gasteiger partial charge on any atom is -0.493 e. The molecule has 1 amide bonds. The van der Waals surface area contributed by atoms with E-state index in [0.29, 0.717) is 5.75 Å². The van der Waals surface area contributed by atoms with Gasteiger partial charge >= 0.3 is 0 Å². The molecule has 1 N–H and O–H groups in total. The van der Waals surface area contributed by atoms with Crippen molar-refractivity contribution in [3.63, 3.8) is 0 Å². The normalized spacial score (nSPS) is 13.8. The van der Waals surface area contributed by atoms with Gasteiger partial charge < -0.3 is 14.8 Å². The quantitative estimate of drug-likeness (QED) is 0.433. The molecule has 0 heterocycles. The first kappa shape index (κ1) is 26.5. The highest BCUT2D eigenvalue weighted by atomic mass is 32.2. The smallest absolute Gasteiger partial charge is 0.264 e. The summed E-state index contributed by atoms with van der Waals surface area (Å²) < 4.78 is 52.4. The molecule has 0 radical (unpaired) electrons. The number of carbonyl (C=O) groups excluding carboxylic acids is 1. The van der Waals surface area contributed by atoms with Crippen LogP contribution in [-0.4, -0.2) is 35.1 Å². The fraction of sp³-hybridized carbons (Fsp3) is 0.321. The zero-order chi connectivity index (χ0) is 26.6. The van der Waals surface area contributed by atoms with Crippen LogP contribution in [-0.2, 0) is 27.7 Å². The number of ether oxygens (including phenoxy) is 2. The molecule has 0 fully saturated rings. The highest BCUT2D eigenvalue weighted by molar-refractivity contribution is 7.92. The van der Waals surface area contributed by atoms with Gasteiger partial charge in [0, 0.05) is 6.07 Å². The Labute approximate surface area is 217 Å². The second-order valence-electron chi connectivity index (χ2n) is 9.03. The highest BCUT2D eigenvalue weighted by Gasteiger charge is 2.29. The second kappa shape index (κ2) is 11.2. The lowest BCUT2D eigenvalue weighted by molar-refractivity contribution is -0.120. The summed E-state index contributed by atoms with van der Waals surface area (Å²) in [5, 5.41) is 2.92. The summed E-state index contributed by atoms with van der Waals surface area (Å²) in [5.74, 6) is -0.407. The van der Waals surface area contributed by atoms with Gasteiger partial charge in [-0.05, 0) is 85.7 Å². The monoisotopic (exact) mass is 526 g/mol. The van der Waals surface area contributed by atoms with E-state index in [1.807, 2.05) is 13.0 Å². The fourth-order valence-corrected chi connectivity index (χ4v) is 5.99. The first-order valence-corrected chi connectivity index (χ1v) is 13.6. The number of halogens is 1. The predicted octanol–water partition coefficient (Wildman–Crippen LogP) is 4.79. The summed E-state index contributed by atoms with van der Waals surface area (Å²) >= 11 is 0. The fourth-order valence-electron chi connectivity index (χ4n) is 4.55. The first-order valence-electron chi connectivity index (χ1n) is 12.1. The van der Waals surface area contributed by atoms with E-state index in [4.69, 9.17) is 9.47 Å². The molecule has 1 aliphatic carbocycles. The lowest BCUT2D eigenvalue weighted by Crippen LogP contribution is -2.41. The van der Waals surface area contributed by atoms with Gasteiger partial charge in [-0.1, -0.05) is 18.2 Å². The minimum atomic E-state index is -4.22.